The first-order valence-corrected chi connectivity index (χ1v) is 8.17. The van der Waals surface area contributed by atoms with Gasteiger partial charge in [-0.25, -0.2) is 0 Å². The minimum Gasteiger partial charge on any atom is -0.385 e. The van der Waals surface area contributed by atoms with Crippen molar-refractivity contribution in [3.05, 3.63) is 29.3 Å². The van der Waals surface area contributed by atoms with Crippen molar-refractivity contribution in [1.82, 2.24) is 0 Å². The van der Waals surface area contributed by atoms with Gasteiger partial charge in [-0.1, -0.05) is 18.9 Å². The predicted octanol–water partition coefficient (Wildman–Crippen LogP) is 4.24. The summed E-state index contributed by atoms with van der Waals surface area (Å²) in [5, 5.41) is 3.22. The Balaban J connectivity index is 0.00000264. The topological polar surface area (TPSA) is 59.6 Å². The van der Waals surface area contributed by atoms with Gasteiger partial charge in [-0.05, 0) is 61.8 Å². The number of hydrogen-bond acceptors (Lipinski definition) is 2. The second-order valence-corrected chi connectivity index (χ2v) is 6.65. The highest BCUT2D eigenvalue weighted by atomic mass is 127. The van der Waals surface area contributed by atoms with E-state index >= 15 is 0 Å². The number of ether oxygens (including phenoxy) is 1. The van der Waals surface area contributed by atoms with E-state index in [1.807, 2.05) is 0 Å². The molecule has 3 N–H and O–H groups in total. The lowest BCUT2D eigenvalue weighted by molar-refractivity contribution is 0.141. The summed E-state index contributed by atoms with van der Waals surface area (Å²) >= 11 is 0. The number of nitrogens with zero attached hydrogens (tertiary/aromatic N) is 1. The molecule has 0 spiro atoms. The van der Waals surface area contributed by atoms with Crippen LogP contribution in [0.25, 0.3) is 0 Å². The zero-order chi connectivity index (χ0) is 16.0. The molecule has 0 bridgehead atoms. The molecule has 1 aliphatic rings. The average Bonchev–Trinajstić information content (AvgIpc) is 2.91. The third-order valence-electron chi connectivity index (χ3n) is 4.58. The maximum Gasteiger partial charge on any atom is 0.193 e. The van der Waals surface area contributed by atoms with Crippen molar-refractivity contribution < 1.29 is 4.74 Å². The predicted molar refractivity (Wildman–Crippen MR) is 109 cm³/mol. The molecule has 0 unspecified atom stereocenters. The average molecular weight is 431 g/mol. The normalized spacial score (nSPS) is 16.9. The molecule has 0 aromatic heterocycles. The third kappa shape index (κ3) is 6.30. The van der Waals surface area contributed by atoms with Crippen LogP contribution in [0.2, 0.25) is 0 Å². The fraction of sp³-hybridized carbons (Fsp3) is 0.611. The van der Waals surface area contributed by atoms with Gasteiger partial charge in [0.15, 0.2) is 5.96 Å². The molecule has 0 saturated heterocycles. The molecule has 1 aromatic rings. The number of halogens is 1. The van der Waals surface area contributed by atoms with E-state index in [1.54, 1.807) is 7.11 Å². The zero-order valence-electron chi connectivity index (χ0n) is 14.5. The number of benzene rings is 1. The van der Waals surface area contributed by atoms with Crippen LogP contribution in [-0.4, -0.2) is 26.2 Å². The van der Waals surface area contributed by atoms with Crippen molar-refractivity contribution in [2.24, 2.45) is 16.1 Å². The summed E-state index contributed by atoms with van der Waals surface area (Å²) in [7, 11) is 1.77. The first-order valence-electron chi connectivity index (χ1n) is 8.17. The fourth-order valence-electron chi connectivity index (χ4n) is 3.42. The Hall–Kier alpha value is -0.820. The second kappa shape index (κ2) is 9.47. The highest BCUT2D eigenvalue weighted by Gasteiger charge is 2.33. The van der Waals surface area contributed by atoms with Crippen LogP contribution in [0.5, 0.6) is 0 Å². The molecule has 5 heteroatoms. The van der Waals surface area contributed by atoms with Crippen molar-refractivity contribution >= 4 is 35.6 Å². The van der Waals surface area contributed by atoms with Crippen LogP contribution >= 0.6 is 24.0 Å². The molecule has 0 atom stereocenters. The molecule has 0 heterocycles. The maximum atomic E-state index is 6.08. The molecule has 1 aromatic carbocycles. The smallest absolute Gasteiger partial charge is 0.193 e. The summed E-state index contributed by atoms with van der Waals surface area (Å²) in [5.74, 6) is 0.508. The maximum absolute atomic E-state index is 6.08. The number of guanidine groups is 1. The third-order valence-corrected chi connectivity index (χ3v) is 4.58. The van der Waals surface area contributed by atoms with Crippen LogP contribution in [0.3, 0.4) is 0 Å². The van der Waals surface area contributed by atoms with Gasteiger partial charge in [-0.3, -0.25) is 4.99 Å². The molecule has 0 radical (unpaired) electrons. The molecule has 130 valence electrons. The van der Waals surface area contributed by atoms with Crippen molar-refractivity contribution in [3.8, 4) is 0 Å². The monoisotopic (exact) mass is 431 g/mol. The van der Waals surface area contributed by atoms with Gasteiger partial charge in [-0.15, -0.1) is 24.0 Å². The molecule has 2 rings (SSSR count). The first kappa shape index (κ1) is 20.2. The largest absolute Gasteiger partial charge is 0.385 e. The highest BCUT2D eigenvalue weighted by molar-refractivity contribution is 14.0. The van der Waals surface area contributed by atoms with E-state index in [2.05, 4.69) is 42.4 Å². The van der Waals surface area contributed by atoms with Gasteiger partial charge in [0.05, 0.1) is 0 Å². The van der Waals surface area contributed by atoms with Crippen LogP contribution in [0.15, 0.2) is 23.2 Å². The minimum absolute atomic E-state index is 0. The lowest BCUT2D eigenvalue weighted by Crippen LogP contribution is -2.28. The summed E-state index contributed by atoms with van der Waals surface area (Å²) in [6, 6.07) is 6.33. The van der Waals surface area contributed by atoms with E-state index in [9.17, 15) is 0 Å². The van der Waals surface area contributed by atoms with Crippen LogP contribution in [-0.2, 0) is 4.74 Å². The van der Waals surface area contributed by atoms with Gasteiger partial charge in [0.25, 0.3) is 0 Å². The van der Waals surface area contributed by atoms with Crippen molar-refractivity contribution in [2.45, 2.75) is 46.0 Å². The van der Waals surface area contributed by atoms with Gasteiger partial charge >= 0.3 is 0 Å². The standard InChI is InChI=1S/C18H29N3O.HI/c1-14-10-15(2)12-16(11-14)21-17(19)20-13-18(8-9-22-3)6-4-5-7-18;/h10-12H,4-9,13H2,1-3H3,(H3,19,20,21);1H. The molecule has 1 fully saturated rings. The van der Waals surface area contributed by atoms with Gasteiger partial charge in [0.2, 0.25) is 0 Å². The van der Waals surface area contributed by atoms with Crippen molar-refractivity contribution in [2.75, 3.05) is 25.6 Å². The molecule has 23 heavy (non-hydrogen) atoms. The quantitative estimate of drug-likeness (QED) is 0.402. The van der Waals surface area contributed by atoms with E-state index in [0.717, 1.165) is 25.3 Å². The summed E-state index contributed by atoms with van der Waals surface area (Å²) in [6.07, 6.45) is 6.13. The van der Waals surface area contributed by atoms with E-state index in [4.69, 9.17) is 10.5 Å². The Labute approximate surface area is 157 Å². The van der Waals surface area contributed by atoms with E-state index in [1.165, 1.54) is 36.8 Å². The van der Waals surface area contributed by atoms with E-state index in [0.29, 0.717) is 5.96 Å². The number of hydrogen-bond donors (Lipinski definition) is 2. The molecule has 0 amide bonds. The molecule has 1 aliphatic carbocycles. The van der Waals surface area contributed by atoms with Crippen molar-refractivity contribution in [1.29, 1.82) is 0 Å². The SMILES string of the molecule is COCCC1(CN=C(N)Nc2cc(C)cc(C)c2)CCCC1.I. The van der Waals surface area contributed by atoms with Crippen LogP contribution in [0.1, 0.15) is 43.2 Å². The summed E-state index contributed by atoms with van der Waals surface area (Å²) < 4.78 is 5.26. The molecular formula is C18H30IN3O. The van der Waals surface area contributed by atoms with Crippen LogP contribution < -0.4 is 11.1 Å². The lowest BCUT2D eigenvalue weighted by atomic mass is 9.83. The Morgan fingerprint density at radius 1 is 1.22 bits per heavy atom. The van der Waals surface area contributed by atoms with Gasteiger partial charge in [0.1, 0.15) is 0 Å². The summed E-state index contributed by atoms with van der Waals surface area (Å²) in [6.45, 7) is 5.77. The van der Waals surface area contributed by atoms with Gasteiger partial charge in [-0.2, -0.15) is 0 Å². The number of nitrogens with one attached hydrogen (secondary N) is 1. The lowest BCUT2D eigenvalue weighted by Gasteiger charge is -2.26. The van der Waals surface area contributed by atoms with Crippen LogP contribution in [0.4, 0.5) is 5.69 Å². The number of anilines is 1. The van der Waals surface area contributed by atoms with Gasteiger partial charge < -0.3 is 15.8 Å². The highest BCUT2D eigenvalue weighted by Crippen LogP contribution is 2.41. The number of methoxy groups -OCH3 is 1. The summed E-state index contributed by atoms with van der Waals surface area (Å²) in [4.78, 5) is 4.61. The van der Waals surface area contributed by atoms with E-state index < -0.39 is 0 Å². The number of rotatable bonds is 6. The molecule has 4 nitrogen and oxygen atoms in total. The minimum atomic E-state index is 0. The number of aryl methyl sites for hydroxylation is 2. The number of nitrogens with two attached hydrogens (primary N) is 1. The summed E-state index contributed by atoms with van der Waals surface area (Å²) in [5.41, 5.74) is 9.82. The van der Waals surface area contributed by atoms with E-state index in [-0.39, 0.29) is 29.4 Å². The zero-order valence-corrected chi connectivity index (χ0v) is 16.9. The van der Waals surface area contributed by atoms with Gasteiger partial charge in [0, 0.05) is 25.9 Å². The first-order chi connectivity index (χ1) is 10.5. The Morgan fingerprint density at radius 3 is 2.39 bits per heavy atom. The molecular weight excluding hydrogens is 401 g/mol. The number of aliphatic imine (C=N–C) groups is 1. The molecule has 0 aliphatic heterocycles. The Bertz CT molecular complexity index is 505. The van der Waals surface area contributed by atoms with Crippen LogP contribution in [0, 0.1) is 19.3 Å². The Morgan fingerprint density at radius 2 is 1.83 bits per heavy atom. The fourth-order valence-corrected chi connectivity index (χ4v) is 3.42. The Kier molecular flexibility index (Phi) is 8.33. The molecule has 1 saturated carbocycles. The van der Waals surface area contributed by atoms with Crippen molar-refractivity contribution in [3.63, 3.8) is 0 Å². The second-order valence-electron chi connectivity index (χ2n) is 6.65.